The summed E-state index contributed by atoms with van der Waals surface area (Å²) in [7, 11) is 2.01. The third-order valence-electron chi connectivity index (χ3n) is 6.62. The van der Waals surface area contributed by atoms with Crippen LogP contribution in [0.4, 0.5) is 5.69 Å². The van der Waals surface area contributed by atoms with Crippen molar-refractivity contribution in [3.8, 4) is 0 Å². The number of hydrogen-bond acceptors (Lipinski definition) is 3. The summed E-state index contributed by atoms with van der Waals surface area (Å²) in [6, 6.07) is 25.6. The Bertz CT molecular complexity index is 1100. The SMILES string of the molecule is CN1c2ccccc2C(=O)C2C(=O)c3ccccc3C(c3ccccc3)C21C. The molecule has 3 aromatic rings. The molecule has 2 aliphatic rings. The van der Waals surface area contributed by atoms with Gasteiger partial charge in [0.1, 0.15) is 5.92 Å². The van der Waals surface area contributed by atoms with Crippen LogP contribution in [0.15, 0.2) is 78.9 Å². The van der Waals surface area contributed by atoms with Crippen LogP contribution in [0.1, 0.15) is 44.7 Å². The summed E-state index contributed by atoms with van der Waals surface area (Å²) in [4.78, 5) is 29.3. The molecule has 3 aromatic carbocycles. The summed E-state index contributed by atoms with van der Waals surface area (Å²) >= 11 is 0. The van der Waals surface area contributed by atoms with E-state index in [0.717, 1.165) is 16.8 Å². The summed E-state index contributed by atoms with van der Waals surface area (Å²) in [6.45, 7) is 2.07. The Morgan fingerprint density at radius 2 is 1.29 bits per heavy atom. The van der Waals surface area contributed by atoms with Crippen molar-refractivity contribution in [2.75, 3.05) is 11.9 Å². The number of anilines is 1. The maximum absolute atomic E-state index is 13.6. The summed E-state index contributed by atoms with van der Waals surface area (Å²) in [5.41, 5.74) is 3.62. The van der Waals surface area contributed by atoms with Crippen molar-refractivity contribution in [3.05, 3.63) is 101 Å². The third-order valence-corrected chi connectivity index (χ3v) is 6.62. The molecule has 3 unspecified atom stereocenters. The van der Waals surface area contributed by atoms with Gasteiger partial charge in [-0.2, -0.15) is 0 Å². The smallest absolute Gasteiger partial charge is 0.178 e. The highest BCUT2D eigenvalue weighted by atomic mass is 16.2. The van der Waals surface area contributed by atoms with Gasteiger partial charge in [0.25, 0.3) is 0 Å². The molecule has 0 fully saturated rings. The molecule has 3 nitrogen and oxygen atoms in total. The number of ketones is 2. The van der Waals surface area contributed by atoms with E-state index in [0.29, 0.717) is 11.1 Å². The first kappa shape index (κ1) is 16.9. The Morgan fingerprint density at radius 3 is 2.04 bits per heavy atom. The lowest BCUT2D eigenvalue weighted by atomic mass is 9.57. The summed E-state index contributed by atoms with van der Waals surface area (Å²) in [5.74, 6) is -0.962. The molecular weight excluding hydrogens is 346 g/mol. The molecule has 0 radical (unpaired) electrons. The van der Waals surface area contributed by atoms with Crippen molar-refractivity contribution < 1.29 is 9.59 Å². The van der Waals surface area contributed by atoms with Crippen molar-refractivity contribution >= 4 is 17.3 Å². The second kappa shape index (κ2) is 5.90. The topological polar surface area (TPSA) is 37.4 Å². The lowest BCUT2D eigenvalue weighted by Gasteiger charge is -2.55. The molecule has 1 heterocycles. The molecule has 0 saturated carbocycles. The van der Waals surface area contributed by atoms with Crippen LogP contribution in [0.5, 0.6) is 0 Å². The Hall–Kier alpha value is -3.20. The summed E-state index contributed by atoms with van der Waals surface area (Å²) in [5, 5.41) is 0. The highest BCUT2D eigenvalue weighted by molar-refractivity contribution is 6.22. The molecule has 5 rings (SSSR count). The van der Waals surface area contributed by atoms with Crippen molar-refractivity contribution in [3.63, 3.8) is 0 Å². The third kappa shape index (κ3) is 2.04. The number of Topliss-reactive ketones (excluding diaryl/α,β-unsaturated/α-hetero) is 2. The largest absolute Gasteiger partial charge is 0.366 e. The monoisotopic (exact) mass is 367 g/mol. The number of para-hydroxylation sites is 1. The van der Waals surface area contributed by atoms with E-state index in [1.807, 2.05) is 73.8 Å². The molecular formula is C25H21NO2. The Labute approximate surface area is 164 Å². The Morgan fingerprint density at radius 1 is 0.714 bits per heavy atom. The molecule has 0 amide bonds. The van der Waals surface area contributed by atoms with E-state index in [1.54, 1.807) is 0 Å². The molecule has 0 saturated heterocycles. The Kier molecular flexibility index (Phi) is 3.57. The van der Waals surface area contributed by atoms with Gasteiger partial charge in [-0.1, -0.05) is 66.7 Å². The van der Waals surface area contributed by atoms with E-state index in [4.69, 9.17) is 0 Å². The molecule has 0 aromatic heterocycles. The quantitative estimate of drug-likeness (QED) is 0.584. The predicted octanol–water partition coefficient (Wildman–Crippen LogP) is 4.72. The molecule has 1 aliphatic carbocycles. The van der Waals surface area contributed by atoms with Crippen molar-refractivity contribution in [1.29, 1.82) is 0 Å². The van der Waals surface area contributed by atoms with Crippen LogP contribution in [0.2, 0.25) is 0 Å². The van der Waals surface area contributed by atoms with Gasteiger partial charge in [-0.15, -0.1) is 0 Å². The fourth-order valence-corrected chi connectivity index (χ4v) is 5.20. The van der Waals surface area contributed by atoms with Gasteiger partial charge in [0.15, 0.2) is 11.6 Å². The zero-order valence-electron chi connectivity index (χ0n) is 15.9. The van der Waals surface area contributed by atoms with Crippen molar-refractivity contribution in [1.82, 2.24) is 0 Å². The van der Waals surface area contributed by atoms with Gasteiger partial charge in [-0.3, -0.25) is 9.59 Å². The van der Waals surface area contributed by atoms with Crippen LogP contribution in [0, 0.1) is 5.92 Å². The van der Waals surface area contributed by atoms with Crippen LogP contribution in [-0.2, 0) is 0 Å². The van der Waals surface area contributed by atoms with Gasteiger partial charge in [0.05, 0.1) is 5.54 Å². The number of fused-ring (bicyclic) bond motifs is 3. The Balaban J connectivity index is 1.85. The van der Waals surface area contributed by atoms with Gasteiger partial charge in [-0.25, -0.2) is 0 Å². The highest BCUT2D eigenvalue weighted by Crippen LogP contribution is 2.53. The minimum absolute atomic E-state index is 0.0726. The first-order chi connectivity index (χ1) is 13.5. The maximum atomic E-state index is 13.6. The molecule has 28 heavy (non-hydrogen) atoms. The van der Waals surface area contributed by atoms with E-state index in [2.05, 4.69) is 24.0 Å². The maximum Gasteiger partial charge on any atom is 0.178 e. The number of benzene rings is 3. The first-order valence-electron chi connectivity index (χ1n) is 9.60. The molecule has 1 aliphatic heterocycles. The summed E-state index contributed by atoms with van der Waals surface area (Å²) < 4.78 is 0. The van der Waals surface area contributed by atoms with Gasteiger partial charge in [0.2, 0.25) is 0 Å². The molecule has 0 spiro atoms. The minimum atomic E-state index is -0.729. The van der Waals surface area contributed by atoms with Crippen LogP contribution in [0.25, 0.3) is 0 Å². The molecule has 138 valence electrons. The fraction of sp³-hybridized carbons (Fsp3) is 0.200. The van der Waals surface area contributed by atoms with Gasteiger partial charge in [-0.05, 0) is 30.2 Å². The van der Waals surface area contributed by atoms with Gasteiger partial charge < -0.3 is 4.90 Å². The van der Waals surface area contributed by atoms with E-state index in [9.17, 15) is 9.59 Å². The predicted molar refractivity (Wildman–Crippen MR) is 110 cm³/mol. The fourth-order valence-electron chi connectivity index (χ4n) is 5.20. The number of carbonyl (C=O) groups excluding carboxylic acids is 2. The van der Waals surface area contributed by atoms with Crippen molar-refractivity contribution in [2.24, 2.45) is 5.92 Å². The zero-order valence-corrected chi connectivity index (χ0v) is 15.9. The van der Waals surface area contributed by atoms with Gasteiger partial charge >= 0.3 is 0 Å². The number of rotatable bonds is 1. The molecule has 0 N–H and O–H groups in total. The van der Waals surface area contributed by atoms with Crippen LogP contribution < -0.4 is 4.90 Å². The standard InChI is InChI=1S/C25H21NO2/c1-25-21(16-10-4-3-5-11-16)17-12-6-7-13-18(17)23(27)22(25)24(28)19-14-8-9-15-20(19)26(25)2/h3-15,21-22H,1-2H3. The minimum Gasteiger partial charge on any atom is -0.366 e. The second-order valence-electron chi connectivity index (χ2n) is 7.89. The number of hydrogen-bond donors (Lipinski definition) is 0. The van der Waals surface area contributed by atoms with E-state index in [1.165, 1.54) is 0 Å². The first-order valence-corrected chi connectivity index (χ1v) is 9.60. The lowest BCUT2D eigenvalue weighted by Crippen LogP contribution is -2.64. The zero-order chi connectivity index (χ0) is 19.5. The molecule has 0 bridgehead atoms. The number of carbonyl (C=O) groups is 2. The average Bonchev–Trinajstić information content (AvgIpc) is 2.73. The van der Waals surface area contributed by atoms with Gasteiger partial charge in [0, 0.05) is 29.8 Å². The van der Waals surface area contributed by atoms with E-state index < -0.39 is 11.5 Å². The lowest BCUT2D eigenvalue weighted by molar-refractivity contribution is 0.0683. The van der Waals surface area contributed by atoms with E-state index in [-0.39, 0.29) is 17.5 Å². The number of nitrogens with zero attached hydrogens (tertiary/aromatic N) is 1. The average molecular weight is 367 g/mol. The number of likely N-dealkylation sites (N-methyl/N-ethyl adjacent to an activating group) is 1. The highest BCUT2D eigenvalue weighted by Gasteiger charge is 2.59. The molecule has 3 atom stereocenters. The molecule has 3 heteroatoms. The van der Waals surface area contributed by atoms with Crippen LogP contribution in [-0.4, -0.2) is 24.2 Å². The van der Waals surface area contributed by atoms with Crippen LogP contribution in [0.3, 0.4) is 0 Å². The normalized spacial score (nSPS) is 25.7. The summed E-state index contributed by atoms with van der Waals surface area (Å²) in [6.07, 6.45) is 0. The second-order valence-corrected chi connectivity index (χ2v) is 7.89. The van der Waals surface area contributed by atoms with Crippen molar-refractivity contribution in [2.45, 2.75) is 18.4 Å². The van der Waals surface area contributed by atoms with E-state index >= 15 is 0 Å². The van der Waals surface area contributed by atoms with Crippen LogP contribution >= 0.6 is 0 Å².